The summed E-state index contributed by atoms with van der Waals surface area (Å²) in [7, 11) is 0. The molecule has 3 aromatic rings. The van der Waals surface area contributed by atoms with Crippen LogP contribution in [0.1, 0.15) is 21.5 Å². The first-order valence-electron chi connectivity index (χ1n) is 8.06. The van der Waals surface area contributed by atoms with Crippen LogP contribution in [0.25, 0.3) is 0 Å². The normalized spacial score (nSPS) is 10.7. The summed E-state index contributed by atoms with van der Waals surface area (Å²) in [6.07, 6.45) is 1.59. The summed E-state index contributed by atoms with van der Waals surface area (Å²) in [4.78, 5) is 12.0. The fourth-order valence-corrected chi connectivity index (χ4v) is 2.68. The van der Waals surface area contributed by atoms with Crippen molar-refractivity contribution in [3.63, 3.8) is 0 Å². The molecule has 1 amide bonds. The monoisotopic (exact) mass is 408 g/mol. The van der Waals surface area contributed by atoms with Crippen molar-refractivity contribution >= 4 is 28.1 Å². The minimum absolute atomic E-state index is 0.265. The van der Waals surface area contributed by atoms with E-state index in [0.717, 1.165) is 21.3 Å². The highest BCUT2D eigenvalue weighted by molar-refractivity contribution is 9.10. The van der Waals surface area contributed by atoms with E-state index in [0.29, 0.717) is 12.2 Å². The Labute approximate surface area is 160 Å². The zero-order valence-electron chi connectivity index (χ0n) is 13.9. The van der Waals surface area contributed by atoms with Gasteiger partial charge in [-0.05, 0) is 41.5 Å². The van der Waals surface area contributed by atoms with Gasteiger partial charge in [0.05, 0.1) is 6.21 Å². The maximum absolute atomic E-state index is 12.0. The molecule has 4 nitrogen and oxygen atoms in total. The second-order valence-electron chi connectivity index (χ2n) is 5.56. The van der Waals surface area contributed by atoms with Crippen molar-refractivity contribution in [1.82, 2.24) is 5.43 Å². The summed E-state index contributed by atoms with van der Waals surface area (Å²) in [5.74, 6) is 0.482. The van der Waals surface area contributed by atoms with E-state index in [9.17, 15) is 4.79 Å². The van der Waals surface area contributed by atoms with Gasteiger partial charge in [-0.15, -0.1) is 0 Å². The number of benzene rings is 3. The molecule has 0 saturated carbocycles. The lowest BCUT2D eigenvalue weighted by Crippen LogP contribution is -2.17. The average Bonchev–Trinajstić information content (AvgIpc) is 2.67. The number of amides is 1. The quantitative estimate of drug-likeness (QED) is 0.470. The van der Waals surface area contributed by atoms with Gasteiger partial charge >= 0.3 is 0 Å². The molecule has 1 N–H and O–H groups in total. The van der Waals surface area contributed by atoms with E-state index in [-0.39, 0.29) is 5.91 Å². The predicted octanol–water partition coefficient (Wildman–Crippen LogP) is 4.79. The number of ether oxygens (including phenoxy) is 1. The molecule has 0 atom stereocenters. The first-order chi connectivity index (χ1) is 12.7. The van der Waals surface area contributed by atoms with Crippen molar-refractivity contribution in [3.8, 4) is 5.75 Å². The average molecular weight is 409 g/mol. The number of nitrogens with zero attached hydrogens (tertiary/aromatic N) is 1. The Morgan fingerprint density at radius 2 is 1.81 bits per heavy atom. The maximum atomic E-state index is 12.0. The van der Waals surface area contributed by atoms with Crippen molar-refractivity contribution in [2.24, 2.45) is 5.10 Å². The molecule has 0 bridgehead atoms. The van der Waals surface area contributed by atoms with Crippen molar-refractivity contribution < 1.29 is 9.53 Å². The largest absolute Gasteiger partial charge is 0.489 e. The molecular weight excluding hydrogens is 392 g/mol. The molecule has 5 heteroatoms. The molecule has 0 aromatic heterocycles. The van der Waals surface area contributed by atoms with Crippen LogP contribution in [0.2, 0.25) is 0 Å². The van der Waals surface area contributed by atoms with E-state index in [4.69, 9.17) is 4.74 Å². The summed E-state index contributed by atoms with van der Waals surface area (Å²) in [6.45, 7) is 0.501. The van der Waals surface area contributed by atoms with E-state index in [1.165, 1.54) is 0 Å². The van der Waals surface area contributed by atoms with Crippen LogP contribution in [0.3, 0.4) is 0 Å². The van der Waals surface area contributed by atoms with Gasteiger partial charge in [-0.25, -0.2) is 5.43 Å². The van der Waals surface area contributed by atoms with Crippen molar-refractivity contribution in [2.45, 2.75) is 6.61 Å². The van der Waals surface area contributed by atoms with Crippen molar-refractivity contribution in [3.05, 3.63) is 100 Å². The molecule has 0 unspecified atom stereocenters. The van der Waals surface area contributed by atoms with E-state index in [1.54, 1.807) is 24.4 Å². The Bertz CT molecular complexity index is 911. The molecule has 0 fully saturated rings. The van der Waals surface area contributed by atoms with Gasteiger partial charge in [0.15, 0.2) is 0 Å². The third-order valence-corrected chi connectivity index (χ3v) is 4.07. The van der Waals surface area contributed by atoms with Crippen LogP contribution in [0.4, 0.5) is 0 Å². The van der Waals surface area contributed by atoms with Crippen molar-refractivity contribution in [2.75, 3.05) is 0 Å². The molecule has 0 saturated heterocycles. The van der Waals surface area contributed by atoms with Gasteiger partial charge in [0.25, 0.3) is 5.91 Å². The molecule has 0 aliphatic rings. The highest BCUT2D eigenvalue weighted by Crippen LogP contribution is 2.14. The van der Waals surface area contributed by atoms with Gasteiger partial charge < -0.3 is 4.74 Å². The molecule has 3 rings (SSSR count). The van der Waals surface area contributed by atoms with Gasteiger partial charge in [0.1, 0.15) is 12.4 Å². The Balaban J connectivity index is 1.57. The molecule has 0 heterocycles. The van der Waals surface area contributed by atoms with Crippen LogP contribution in [0.15, 0.2) is 88.4 Å². The van der Waals surface area contributed by atoms with Crippen LogP contribution >= 0.6 is 15.9 Å². The SMILES string of the molecule is O=C(N/N=C/c1cccc(OCc2ccccc2)c1)c1cccc(Br)c1. The summed E-state index contributed by atoms with van der Waals surface area (Å²) in [5.41, 5.74) is 5.00. The number of halogens is 1. The first kappa shape index (κ1) is 17.9. The molecule has 0 aliphatic heterocycles. The van der Waals surface area contributed by atoms with E-state index in [2.05, 4.69) is 26.5 Å². The number of hydrogen-bond acceptors (Lipinski definition) is 3. The van der Waals surface area contributed by atoms with Crippen LogP contribution < -0.4 is 10.2 Å². The Kier molecular flexibility index (Phi) is 6.17. The Morgan fingerprint density at radius 1 is 1.00 bits per heavy atom. The predicted molar refractivity (Wildman–Crippen MR) is 106 cm³/mol. The summed E-state index contributed by atoms with van der Waals surface area (Å²) in [5, 5.41) is 4.01. The second kappa shape index (κ2) is 8.97. The summed E-state index contributed by atoms with van der Waals surface area (Å²) >= 11 is 3.34. The zero-order valence-corrected chi connectivity index (χ0v) is 15.5. The highest BCUT2D eigenvalue weighted by atomic mass is 79.9. The summed E-state index contributed by atoms with van der Waals surface area (Å²) in [6, 6.07) is 24.6. The van der Waals surface area contributed by atoms with Gasteiger partial charge in [0, 0.05) is 10.0 Å². The van der Waals surface area contributed by atoms with E-state index < -0.39 is 0 Å². The number of carbonyl (C=O) groups is 1. The van der Waals surface area contributed by atoms with Crippen LogP contribution in [0, 0.1) is 0 Å². The first-order valence-corrected chi connectivity index (χ1v) is 8.86. The molecule has 3 aromatic carbocycles. The lowest BCUT2D eigenvalue weighted by Gasteiger charge is -2.06. The smallest absolute Gasteiger partial charge is 0.271 e. The topological polar surface area (TPSA) is 50.7 Å². The highest BCUT2D eigenvalue weighted by Gasteiger charge is 2.03. The zero-order chi connectivity index (χ0) is 18.2. The molecule has 130 valence electrons. The fourth-order valence-electron chi connectivity index (χ4n) is 2.29. The van der Waals surface area contributed by atoms with Crippen molar-refractivity contribution in [1.29, 1.82) is 0 Å². The molecular formula is C21H17BrN2O2. The van der Waals surface area contributed by atoms with Crippen LogP contribution in [0.5, 0.6) is 5.75 Å². The van der Waals surface area contributed by atoms with Gasteiger partial charge in [-0.3, -0.25) is 4.79 Å². The third-order valence-electron chi connectivity index (χ3n) is 3.57. The standard InChI is InChI=1S/C21H17BrN2O2/c22-19-10-5-9-18(13-19)21(25)24-23-14-17-8-4-11-20(12-17)26-15-16-6-2-1-3-7-16/h1-14H,15H2,(H,24,25)/b23-14+. The Morgan fingerprint density at radius 3 is 2.62 bits per heavy atom. The molecule has 0 spiro atoms. The molecule has 26 heavy (non-hydrogen) atoms. The van der Waals surface area contributed by atoms with Gasteiger partial charge in [-0.1, -0.05) is 64.5 Å². The van der Waals surface area contributed by atoms with E-state index >= 15 is 0 Å². The minimum Gasteiger partial charge on any atom is -0.489 e. The number of nitrogens with one attached hydrogen (secondary N) is 1. The number of carbonyl (C=O) groups excluding carboxylic acids is 1. The fraction of sp³-hybridized carbons (Fsp3) is 0.0476. The second-order valence-corrected chi connectivity index (χ2v) is 6.47. The number of hydrogen-bond donors (Lipinski definition) is 1. The lowest BCUT2D eigenvalue weighted by molar-refractivity contribution is 0.0955. The Hall–Kier alpha value is -2.92. The van der Waals surface area contributed by atoms with Crippen LogP contribution in [-0.4, -0.2) is 12.1 Å². The number of hydrazone groups is 1. The van der Waals surface area contributed by atoms with Gasteiger partial charge in [0.2, 0.25) is 0 Å². The number of rotatable bonds is 6. The lowest BCUT2D eigenvalue weighted by atomic mass is 10.2. The van der Waals surface area contributed by atoms with Gasteiger partial charge in [-0.2, -0.15) is 5.10 Å². The molecule has 0 radical (unpaired) electrons. The molecule has 0 aliphatic carbocycles. The van der Waals surface area contributed by atoms with E-state index in [1.807, 2.05) is 60.7 Å². The third kappa shape index (κ3) is 5.29. The minimum atomic E-state index is -0.265. The summed E-state index contributed by atoms with van der Waals surface area (Å²) < 4.78 is 6.63. The maximum Gasteiger partial charge on any atom is 0.271 e. The van der Waals surface area contributed by atoms with Crippen LogP contribution in [-0.2, 0) is 6.61 Å².